The Morgan fingerprint density at radius 1 is 1.11 bits per heavy atom. The monoisotopic (exact) mass is 517 g/mol. The number of aromatic nitrogens is 2. The number of nitrogens with one attached hydrogen (secondary N) is 1. The van der Waals surface area contributed by atoms with Crippen LogP contribution in [0.2, 0.25) is 0 Å². The number of rotatable bonds is 9. The SMILES string of the molecule is Cc1[nH]c2c(C(=O)N3CCN(CCOc4cccc(CN(C)Cc5cscn5)c4)CC3)cccc2c1C. The molecule has 3 heterocycles. The van der Waals surface area contributed by atoms with E-state index in [9.17, 15) is 4.79 Å². The minimum Gasteiger partial charge on any atom is -0.492 e. The van der Waals surface area contributed by atoms with Gasteiger partial charge in [-0.3, -0.25) is 14.6 Å². The third-order valence-corrected chi connectivity index (χ3v) is 7.81. The molecule has 194 valence electrons. The summed E-state index contributed by atoms with van der Waals surface area (Å²) in [4.78, 5) is 27.7. The number of piperazine rings is 1. The number of carbonyl (C=O) groups is 1. The Balaban J connectivity index is 1.08. The fourth-order valence-electron chi connectivity index (χ4n) is 4.99. The Bertz CT molecular complexity index is 1340. The Labute approximate surface area is 222 Å². The summed E-state index contributed by atoms with van der Waals surface area (Å²) in [6.45, 7) is 10.5. The molecule has 0 aliphatic carbocycles. The van der Waals surface area contributed by atoms with E-state index >= 15 is 0 Å². The molecule has 0 atom stereocenters. The number of benzene rings is 2. The van der Waals surface area contributed by atoms with Gasteiger partial charge >= 0.3 is 0 Å². The maximum atomic E-state index is 13.3. The molecule has 2 aromatic heterocycles. The first-order valence-corrected chi connectivity index (χ1v) is 13.8. The van der Waals surface area contributed by atoms with E-state index in [0.717, 1.165) is 79.4 Å². The van der Waals surface area contributed by atoms with Crippen molar-refractivity contribution in [2.75, 3.05) is 46.4 Å². The van der Waals surface area contributed by atoms with Gasteiger partial charge in [0.05, 0.1) is 22.3 Å². The molecule has 0 bridgehead atoms. The number of nitrogens with zero attached hydrogens (tertiary/aromatic N) is 4. The number of aromatic amines is 1. The maximum Gasteiger partial charge on any atom is 0.256 e. The van der Waals surface area contributed by atoms with Gasteiger partial charge in [0, 0.05) is 62.3 Å². The predicted molar refractivity (Wildman–Crippen MR) is 149 cm³/mol. The summed E-state index contributed by atoms with van der Waals surface area (Å²) in [5.41, 5.74) is 8.26. The number of ether oxygens (including phenoxy) is 1. The fraction of sp³-hybridized carbons (Fsp3) is 0.379. The van der Waals surface area contributed by atoms with Crippen molar-refractivity contribution in [1.29, 1.82) is 0 Å². The van der Waals surface area contributed by atoms with Crippen LogP contribution in [0.25, 0.3) is 10.9 Å². The van der Waals surface area contributed by atoms with Gasteiger partial charge in [-0.1, -0.05) is 24.3 Å². The average Bonchev–Trinajstić information content (AvgIpc) is 3.51. The molecule has 1 fully saturated rings. The van der Waals surface area contributed by atoms with Crippen LogP contribution in [-0.4, -0.2) is 77.0 Å². The van der Waals surface area contributed by atoms with E-state index in [-0.39, 0.29) is 5.91 Å². The van der Waals surface area contributed by atoms with Crippen molar-refractivity contribution in [1.82, 2.24) is 24.7 Å². The molecule has 1 aliphatic rings. The molecule has 5 rings (SSSR count). The van der Waals surface area contributed by atoms with Gasteiger partial charge in [0.2, 0.25) is 0 Å². The number of H-pyrrole nitrogens is 1. The van der Waals surface area contributed by atoms with Gasteiger partial charge in [0.1, 0.15) is 12.4 Å². The Morgan fingerprint density at radius 2 is 1.92 bits per heavy atom. The highest BCUT2D eigenvalue weighted by Gasteiger charge is 2.24. The van der Waals surface area contributed by atoms with E-state index in [1.165, 1.54) is 11.1 Å². The summed E-state index contributed by atoms with van der Waals surface area (Å²) in [7, 11) is 2.11. The van der Waals surface area contributed by atoms with Crippen molar-refractivity contribution in [3.8, 4) is 5.75 Å². The highest BCUT2D eigenvalue weighted by Crippen LogP contribution is 2.25. The molecular formula is C29H35N5O2S. The van der Waals surface area contributed by atoms with Crippen molar-refractivity contribution in [2.24, 2.45) is 0 Å². The van der Waals surface area contributed by atoms with E-state index in [1.54, 1.807) is 11.3 Å². The topological polar surface area (TPSA) is 64.7 Å². The third-order valence-electron chi connectivity index (χ3n) is 7.18. The molecule has 0 spiro atoms. The van der Waals surface area contributed by atoms with E-state index in [4.69, 9.17) is 4.74 Å². The first kappa shape index (κ1) is 25.4. The number of aryl methyl sites for hydroxylation is 2. The van der Waals surface area contributed by atoms with E-state index in [0.29, 0.717) is 6.61 Å². The second kappa shape index (κ2) is 11.5. The fourth-order valence-corrected chi connectivity index (χ4v) is 5.54. The van der Waals surface area contributed by atoms with Crippen LogP contribution < -0.4 is 4.74 Å². The number of hydrogen-bond acceptors (Lipinski definition) is 6. The standard InChI is InChI=1S/C29H35N5O2S/c1-21-22(2)31-28-26(21)8-5-9-27(28)29(35)34-12-10-33(11-13-34)14-15-36-25-7-4-6-23(16-25)17-32(3)18-24-19-37-20-30-24/h4-9,16,19-20,31H,10-15,17-18H2,1-3H3. The lowest BCUT2D eigenvalue weighted by atomic mass is 10.1. The second-order valence-corrected chi connectivity index (χ2v) is 10.6. The van der Waals surface area contributed by atoms with Crippen LogP contribution in [0.15, 0.2) is 53.4 Å². The number of carbonyl (C=O) groups excluding carboxylic acids is 1. The number of hydrogen-bond donors (Lipinski definition) is 1. The number of amides is 1. The molecule has 0 unspecified atom stereocenters. The molecule has 7 nitrogen and oxygen atoms in total. The Morgan fingerprint density at radius 3 is 2.70 bits per heavy atom. The molecule has 0 saturated carbocycles. The van der Waals surface area contributed by atoms with Gasteiger partial charge in [0.15, 0.2) is 0 Å². The predicted octanol–water partition coefficient (Wildman–Crippen LogP) is 4.71. The molecule has 1 N–H and O–H groups in total. The quantitative estimate of drug-likeness (QED) is 0.348. The summed E-state index contributed by atoms with van der Waals surface area (Å²) in [5.74, 6) is 1.01. The zero-order valence-corrected chi connectivity index (χ0v) is 22.7. The minimum atomic E-state index is 0.110. The summed E-state index contributed by atoms with van der Waals surface area (Å²) in [6, 6.07) is 14.3. The number of para-hydroxylation sites is 1. The molecule has 1 amide bonds. The normalized spacial score (nSPS) is 14.5. The van der Waals surface area contributed by atoms with Crippen molar-refractivity contribution in [2.45, 2.75) is 26.9 Å². The molecule has 8 heteroatoms. The van der Waals surface area contributed by atoms with Crippen LogP contribution in [0.4, 0.5) is 0 Å². The van der Waals surface area contributed by atoms with E-state index in [2.05, 4.69) is 70.3 Å². The largest absolute Gasteiger partial charge is 0.492 e. The summed E-state index contributed by atoms with van der Waals surface area (Å²) in [6.07, 6.45) is 0. The molecular weight excluding hydrogens is 482 g/mol. The van der Waals surface area contributed by atoms with Crippen molar-refractivity contribution in [3.63, 3.8) is 0 Å². The van der Waals surface area contributed by atoms with Crippen molar-refractivity contribution < 1.29 is 9.53 Å². The average molecular weight is 518 g/mol. The Kier molecular flexibility index (Phi) is 7.88. The molecule has 2 aromatic carbocycles. The highest BCUT2D eigenvalue weighted by atomic mass is 32.1. The van der Waals surface area contributed by atoms with Gasteiger partial charge in [-0.15, -0.1) is 11.3 Å². The molecule has 37 heavy (non-hydrogen) atoms. The molecule has 4 aromatic rings. The lowest BCUT2D eigenvalue weighted by Gasteiger charge is -2.34. The zero-order valence-electron chi connectivity index (χ0n) is 21.9. The van der Waals surface area contributed by atoms with Gasteiger partial charge < -0.3 is 14.6 Å². The van der Waals surface area contributed by atoms with E-state index < -0.39 is 0 Å². The van der Waals surface area contributed by atoms with Gasteiger partial charge in [-0.25, -0.2) is 4.98 Å². The summed E-state index contributed by atoms with van der Waals surface area (Å²) < 4.78 is 6.09. The second-order valence-electron chi connectivity index (χ2n) is 9.88. The van der Waals surface area contributed by atoms with Crippen LogP contribution >= 0.6 is 11.3 Å². The van der Waals surface area contributed by atoms with Crippen molar-refractivity contribution in [3.05, 3.63) is 81.4 Å². The lowest BCUT2D eigenvalue weighted by Crippen LogP contribution is -2.49. The first-order chi connectivity index (χ1) is 18.0. The van der Waals surface area contributed by atoms with Crippen LogP contribution in [0.1, 0.15) is 32.9 Å². The van der Waals surface area contributed by atoms with Crippen LogP contribution in [0.5, 0.6) is 5.75 Å². The van der Waals surface area contributed by atoms with Crippen LogP contribution in [-0.2, 0) is 13.1 Å². The van der Waals surface area contributed by atoms with Crippen LogP contribution in [0, 0.1) is 13.8 Å². The summed E-state index contributed by atoms with van der Waals surface area (Å²) >= 11 is 1.63. The van der Waals surface area contributed by atoms with Crippen molar-refractivity contribution >= 4 is 28.1 Å². The van der Waals surface area contributed by atoms with Gasteiger partial charge in [-0.2, -0.15) is 0 Å². The third kappa shape index (κ3) is 6.04. The minimum absolute atomic E-state index is 0.110. The number of fused-ring (bicyclic) bond motifs is 1. The Hall–Kier alpha value is -3.20. The molecule has 0 radical (unpaired) electrons. The number of thiazole rings is 1. The van der Waals surface area contributed by atoms with Gasteiger partial charge in [-0.05, 0) is 50.2 Å². The smallest absolute Gasteiger partial charge is 0.256 e. The zero-order chi connectivity index (χ0) is 25.8. The molecule has 1 saturated heterocycles. The maximum absolute atomic E-state index is 13.3. The highest BCUT2D eigenvalue weighted by molar-refractivity contribution is 7.07. The van der Waals surface area contributed by atoms with Crippen LogP contribution in [0.3, 0.4) is 0 Å². The lowest BCUT2D eigenvalue weighted by molar-refractivity contribution is 0.0622. The van der Waals surface area contributed by atoms with E-state index in [1.807, 2.05) is 28.6 Å². The van der Waals surface area contributed by atoms with Gasteiger partial charge in [0.25, 0.3) is 5.91 Å². The molecule has 1 aliphatic heterocycles. The first-order valence-electron chi connectivity index (χ1n) is 12.8. The summed E-state index contributed by atoms with van der Waals surface area (Å²) in [5, 5.41) is 3.23.